The van der Waals surface area contributed by atoms with Crippen LogP contribution in [0.25, 0.3) is 0 Å². The topological polar surface area (TPSA) is 56.1 Å². The molecule has 4 nitrogen and oxygen atoms in total. The van der Waals surface area contributed by atoms with Crippen LogP contribution in [0, 0.1) is 17.2 Å². The van der Waals surface area contributed by atoms with Gasteiger partial charge in [-0.3, -0.25) is 0 Å². The summed E-state index contributed by atoms with van der Waals surface area (Å²) >= 11 is 0. The van der Waals surface area contributed by atoms with Crippen molar-refractivity contribution >= 4 is 6.03 Å². The van der Waals surface area contributed by atoms with Crippen molar-refractivity contribution in [3.05, 3.63) is 35.4 Å². The van der Waals surface area contributed by atoms with Gasteiger partial charge < -0.3 is 10.2 Å². The first-order valence-corrected chi connectivity index (χ1v) is 7.43. The number of hydrogen-bond acceptors (Lipinski definition) is 2. The number of nitriles is 1. The minimum Gasteiger partial charge on any atom is -0.331 e. The number of halogens is 3. The molecule has 1 aromatic carbocycles. The molecular formula is C16H18F3N3O. The lowest BCUT2D eigenvalue weighted by molar-refractivity contribution is -0.137. The molecule has 0 aromatic heterocycles. The average molecular weight is 325 g/mol. The van der Waals surface area contributed by atoms with Gasteiger partial charge >= 0.3 is 12.2 Å². The summed E-state index contributed by atoms with van der Waals surface area (Å²) in [5, 5.41) is 11.6. The molecule has 1 aliphatic rings. The molecule has 124 valence electrons. The van der Waals surface area contributed by atoms with Gasteiger partial charge in [0, 0.05) is 19.0 Å². The molecule has 23 heavy (non-hydrogen) atoms. The Morgan fingerprint density at radius 3 is 2.61 bits per heavy atom. The number of urea groups is 1. The molecule has 0 aliphatic carbocycles. The summed E-state index contributed by atoms with van der Waals surface area (Å²) < 4.78 is 38.2. The number of alkyl halides is 3. The maximum Gasteiger partial charge on any atom is 0.416 e. The van der Waals surface area contributed by atoms with Gasteiger partial charge in [0.25, 0.3) is 0 Å². The van der Waals surface area contributed by atoms with Crippen molar-refractivity contribution in [2.75, 3.05) is 13.1 Å². The first-order valence-electron chi connectivity index (χ1n) is 7.43. The maximum atomic E-state index is 12.7. The zero-order valence-corrected chi connectivity index (χ0v) is 12.7. The molecule has 1 unspecified atom stereocenters. The third-order valence-corrected chi connectivity index (χ3v) is 4.02. The lowest BCUT2D eigenvalue weighted by atomic mass is 9.99. The van der Waals surface area contributed by atoms with Gasteiger partial charge in [-0.25, -0.2) is 4.79 Å². The van der Waals surface area contributed by atoms with Gasteiger partial charge in [0.1, 0.15) is 0 Å². The number of nitrogens with zero attached hydrogens (tertiary/aromatic N) is 2. The summed E-state index contributed by atoms with van der Waals surface area (Å²) in [6, 6.07) is 6.29. The molecule has 0 bridgehead atoms. The quantitative estimate of drug-likeness (QED) is 0.901. The van der Waals surface area contributed by atoms with Crippen LogP contribution >= 0.6 is 0 Å². The molecule has 7 heteroatoms. The Kier molecular flexibility index (Phi) is 5.14. The first kappa shape index (κ1) is 17.1. The number of hydrogen-bond donors (Lipinski definition) is 1. The Labute approximate surface area is 132 Å². The van der Waals surface area contributed by atoms with Crippen LogP contribution in [-0.4, -0.2) is 24.0 Å². The van der Waals surface area contributed by atoms with Crippen LogP contribution in [-0.2, 0) is 6.18 Å². The fourth-order valence-electron chi connectivity index (χ4n) is 2.56. The Morgan fingerprint density at radius 1 is 1.39 bits per heavy atom. The fourth-order valence-corrected chi connectivity index (χ4v) is 2.56. The number of piperidine rings is 1. The van der Waals surface area contributed by atoms with Gasteiger partial charge in [0.15, 0.2) is 0 Å². The van der Waals surface area contributed by atoms with E-state index in [0.717, 1.165) is 12.1 Å². The molecule has 0 saturated carbocycles. The van der Waals surface area contributed by atoms with E-state index in [9.17, 15) is 18.0 Å². The molecule has 1 saturated heterocycles. The average Bonchev–Trinajstić information content (AvgIpc) is 2.54. The summed E-state index contributed by atoms with van der Waals surface area (Å²) in [6.45, 7) is 2.62. The molecule has 1 aromatic rings. The predicted molar refractivity (Wildman–Crippen MR) is 78.3 cm³/mol. The summed E-state index contributed by atoms with van der Waals surface area (Å²) in [4.78, 5) is 13.8. The van der Waals surface area contributed by atoms with Gasteiger partial charge in [0.05, 0.1) is 17.7 Å². The van der Waals surface area contributed by atoms with E-state index in [1.54, 1.807) is 17.9 Å². The van der Waals surface area contributed by atoms with Crippen molar-refractivity contribution < 1.29 is 18.0 Å². The van der Waals surface area contributed by atoms with Crippen LogP contribution in [0.3, 0.4) is 0 Å². The second-order valence-corrected chi connectivity index (χ2v) is 5.68. The van der Waals surface area contributed by atoms with E-state index in [1.165, 1.54) is 6.07 Å². The number of likely N-dealkylation sites (tertiary alicyclic amines) is 1. The Morgan fingerprint density at radius 2 is 2.04 bits per heavy atom. The highest BCUT2D eigenvalue weighted by molar-refractivity contribution is 5.74. The monoisotopic (exact) mass is 325 g/mol. The first-order chi connectivity index (χ1) is 10.8. The number of carbonyl (C=O) groups excluding carboxylic acids is 1. The molecule has 1 aliphatic heterocycles. The SMILES string of the molecule is CC(NC(=O)N1CCC(C#N)CC1)c1cccc(C(F)(F)F)c1. The van der Waals surface area contributed by atoms with Gasteiger partial charge in [-0.1, -0.05) is 12.1 Å². The Hall–Kier alpha value is -2.23. The van der Waals surface area contributed by atoms with Gasteiger partial charge in [-0.15, -0.1) is 0 Å². The van der Waals surface area contributed by atoms with E-state index in [4.69, 9.17) is 5.26 Å². The summed E-state index contributed by atoms with van der Waals surface area (Å²) in [5.41, 5.74) is -0.328. The smallest absolute Gasteiger partial charge is 0.331 e. The van der Waals surface area contributed by atoms with E-state index in [2.05, 4.69) is 11.4 Å². The molecule has 1 N–H and O–H groups in total. The van der Waals surface area contributed by atoms with Crippen molar-refractivity contribution in [1.82, 2.24) is 10.2 Å². The van der Waals surface area contributed by atoms with Gasteiger partial charge in [-0.05, 0) is 37.5 Å². The van der Waals surface area contributed by atoms with Crippen LogP contribution in [0.2, 0.25) is 0 Å². The summed E-state index contributed by atoms with van der Waals surface area (Å²) in [5.74, 6) is -0.0278. The number of nitrogens with one attached hydrogen (secondary N) is 1. The third-order valence-electron chi connectivity index (χ3n) is 4.02. The highest BCUT2D eigenvalue weighted by Crippen LogP contribution is 2.30. The van der Waals surface area contributed by atoms with Gasteiger partial charge in [-0.2, -0.15) is 18.4 Å². The van der Waals surface area contributed by atoms with Crippen LogP contribution in [0.1, 0.15) is 36.9 Å². The van der Waals surface area contributed by atoms with Crippen LogP contribution in [0.15, 0.2) is 24.3 Å². The molecular weight excluding hydrogens is 307 g/mol. The Balaban J connectivity index is 1.98. The third kappa shape index (κ3) is 4.38. The number of amides is 2. The number of carbonyl (C=O) groups is 1. The molecule has 0 spiro atoms. The molecule has 2 amide bonds. The highest BCUT2D eigenvalue weighted by Gasteiger charge is 2.31. The lowest BCUT2D eigenvalue weighted by Crippen LogP contribution is -2.45. The van der Waals surface area contributed by atoms with Gasteiger partial charge in [0.2, 0.25) is 0 Å². The zero-order valence-electron chi connectivity index (χ0n) is 12.7. The van der Waals surface area contributed by atoms with Crippen molar-refractivity contribution in [3.63, 3.8) is 0 Å². The number of benzene rings is 1. The van der Waals surface area contributed by atoms with Crippen LogP contribution < -0.4 is 5.32 Å². The normalized spacial score (nSPS) is 17.4. The fraction of sp³-hybridized carbons (Fsp3) is 0.500. The second kappa shape index (κ2) is 6.90. The van der Waals surface area contributed by atoms with E-state index in [-0.39, 0.29) is 11.9 Å². The minimum absolute atomic E-state index is 0.0278. The van der Waals surface area contributed by atoms with Crippen molar-refractivity contribution in [1.29, 1.82) is 5.26 Å². The molecule has 1 atom stereocenters. The van der Waals surface area contributed by atoms with E-state index < -0.39 is 17.8 Å². The summed E-state index contributed by atoms with van der Waals surface area (Å²) in [6.07, 6.45) is -3.15. The number of rotatable bonds is 2. The highest BCUT2D eigenvalue weighted by atomic mass is 19.4. The Bertz CT molecular complexity index is 601. The van der Waals surface area contributed by atoms with Crippen molar-refractivity contribution in [2.45, 2.75) is 32.0 Å². The predicted octanol–water partition coefficient (Wildman–Crippen LogP) is 3.71. The van der Waals surface area contributed by atoms with Crippen LogP contribution in [0.4, 0.5) is 18.0 Å². The zero-order chi connectivity index (χ0) is 17.0. The largest absolute Gasteiger partial charge is 0.416 e. The lowest BCUT2D eigenvalue weighted by Gasteiger charge is -2.30. The maximum absolute atomic E-state index is 12.7. The molecule has 1 fully saturated rings. The van der Waals surface area contributed by atoms with Crippen LogP contribution in [0.5, 0.6) is 0 Å². The second-order valence-electron chi connectivity index (χ2n) is 5.68. The van der Waals surface area contributed by atoms with E-state index >= 15 is 0 Å². The van der Waals surface area contributed by atoms with E-state index in [0.29, 0.717) is 31.5 Å². The minimum atomic E-state index is -4.40. The molecule has 2 rings (SSSR count). The van der Waals surface area contributed by atoms with Crippen molar-refractivity contribution in [2.24, 2.45) is 5.92 Å². The van der Waals surface area contributed by atoms with E-state index in [1.807, 2.05) is 0 Å². The molecule has 1 heterocycles. The van der Waals surface area contributed by atoms with Crippen molar-refractivity contribution in [3.8, 4) is 6.07 Å². The summed E-state index contributed by atoms with van der Waals surface area (Å²) in [7, 11) is 0. The standard InChI is InChI=1S/C16H18F3N3O/c1-11(13-3-2-4-14(9-13)16(17,18)19)21-15(23)22-7-5-12(10-20)6-8-22/h2-4,9,11-12H,5-8H2,1H3,(H,21,23). The molecule has 0 radical (unpaired) electrons.